The Morgan fingerprint density at radius 3 is 2.91 bits per heavy atom. The van der Waals surface area contributed by atoms with E-state index in [1.807, 2.05) is 24.3 Å². The first kappa shape index (κ1) is 6.18. The second-order valence-electron chi connectivity index (χ2n) is 2.46. The van der Waals surface area contributed by atoms with Crippen LogP contribution < -0.4 is 0 Å². The molecule has 0 saturated carbocycles. The minimum atomic E-state index is -0.0492. The summed E-state index contributed by atoms with van der Waals surface area (Å²) in [6.07, 6.45) is 0.710. The fourth-order valence-corrected chi connectivity index (χ4v) is 1.18. The SMILES string of the molecule is O=C1C#CCc2ccccc21. The zero-order valence-electron chi connectivity index (χ0n) is 5.92. The predicted molar refractivity (Wildman–Crippen MR) is 42.3 cm³/mol. The van der Waals surface area contributed by atoms with E-state index >= 15 is 0 Å². The molecule has 52 valence electrons. The van der Waals surface area contributed by atoms with Gasteiger partial charge in [-0.25, -0.2) is 0 Å². The maximum atomic E-state index is 11.1. The molecule has 1 aliphatic carbocycles. The molecule has 0 fully saturated rings. The standard InChI is InChI=1S/C10H6O/c11-10-7-3-5-8-4-1-2-6-9(8)10/h1-2,4,6H,5H2. The van der Waals surface area contributed by atoms with Gasteiger partial charge in [-0.15, -0.1) is 0 Å². The molecule has 0 amide bonds. The summed E-state index contributed by atoms with van der Waals surface area (Å²) in [5.41, 5.74) is 1.82. The Morgan fingerprint density at radius 1 is 1.27 bits per heavy atom. The normalized spacial score (nSPS) is 13.3. The third-order valence-corrected chi connectivity index (χ3v) is 1.74. The second kappa shape index (κ2) is 2.25. The van der Waals surface area contributed by atoms with Crippen molar-refractivity contribution in [2.24, 2.45) is 0 Å². The molecule has 0 atom stereocenters. The number of fused-ring (bicyclic) bond motifs is 1. The fraction of sp³-hybridized carbons (Fsp3) is 0.100. The van der Waals surface area contributed by atoms with E-state index in [9.17, 15) is 4.79 Å². The van der Waals surface area contributed by atoms with E-state index in [0.29, 0.717) is 6.42 Å². The molecule has 1 aromatic rings. The first-order valence-corrected chi connectivity index (χ1v) is 3.49. The van der Waals surface area contributed by atoms with E-state index in [-0.39, 0.29) is 5.78 Å². The van der Waals surface area contributed by atoms with Gasteiger partial charge in [-0.1, -0.05) is 30.2 Å². The van der Waals surface area contributed by atoms with Crippen LogP contribution in [0.15, 0.2) is 24.3 Å². The minimum absolute atomic E-state index is 0.0492. The van der Waals surface area contributed by atoms with Gasteiger partial charge < -0.3 is 0 Å². The van der Waals surface area contributed by atoms with Crippen LogP contribution in [0.25, 0.3) is 0 Å². The zero-order valence-corrected chi connectivity index (χ0v) is 5.92. The van der Waals surface area contributed by atoms with Crippen molar-refractivity contribution >= 4 is 5.78 Å². The Morgan fingerprint density at radius 2 is 2.09 bits per heavy atom. The summed E-state index contributed by atoms with van der Waals surface area (Å²) >= 11 is 0. The summed E-state index contributed by atoms with van der Waals surface area (Å²) in [5, 5.41) is 0. The predicted octanol–water partition coefficient (Wildman–Crippen LogP) is 1.43. The number of ketones is 1. The number of rotatable bonds is 0. The highest BCUT2D eigenvalue weighted by Gasteiger charge is 2.09. The molecule has 0 aliphatic heterocycles. The Hall–Kier alpha value is -1.55. The molecule has 0 spiro atoms. The van der Waals surface area contributed by atoms with Crippen molar-refractivity contribution in [3.8, 4) is 11.8 Å². The van der Waals surface area contributed by atoms with E-state index in [0.717, 1.165) is 11.1 Å². The van der Waals surface area contributed by atoms with Crippen LogP contribution in [0, 0.1) is 11.8 Å². The minimum Gasteiger partial charge on any atom is -0.279 e. The highest BCUT2D eigenvalue weighted by atomic mass is 16.1. The van der Waals surface area contributed by atoms with E-state index in [1.54, 1.807) is 0 Å². The first-order valence-electron chi connectivity index (χ1n) is 3.49. The molecule has 1 aliphatic rings. The number of hydrogen-bond acceptors (Lipinski definition) is 1. The molecule has 0 aromatic heterocycles. The second-order valence-corrected chi connectivity index (χ2v) is 2.46. The number of benzene rings is 1. The van der Waals surface area contributed by atoms with Crippen molar-refractivity contribution in [3.63, 3.8) is 0 Å². The fourth-order valence-electron chi connectivity index (χ4n) is 1.18. The molecule has 0 heterocycles. The lowest BCUT2D eigenvalue weighted by molar-refractivity contribution is 0.105. The quantitative estimate of drug-likeness (QED) is 0.395. The largest absolute Gasteiger partial charge is 0.279 e. The van der Waals surface area contributed by atoms with Gasteiger partial charge in [0.2, 0.25) is 5.78 Å². The average molecular weight is 142 g/mol. The summed E-state index contributed by atoms with van der Waals surface area (Å²) in [4.78, 5) is 11.1. The van der Waals surface area contributed by atoms with Crippen LogP contribution in [0.2, 0.25) is 0 Å². The summed E-state index contributed by atoms with van der Waals surface area (Å²) < 4.78 is 0. The number of Topliss-reactive ketones (excluding diaryl/α,β-unsaturated/α-hetero) is 1. The van der Waals surface area contributed by atoms with Gasteiger partial charge in [0, 0.05) is 12.0 Å². The Bertz CT molecular complexity index is 366. The van der Waals surface area contributed by atoms with E-state index < -0.39 is 0 Å². The summed E-state index contributed by atoms with van der Waals surface area (Å²) in [6.45, 7) is 0. The topological polar surface area (TPSA) is 17.1 Å². The van der Waals surface area contributed by atoms with Gasteiger partial charge in [0.15, 0.2) is 0 Å². The van der Waals surface area contributed by atoms with Gasteiger partial charge in [-0.05, 0) is 11.5 Å². The van der Waals surface area contributed by atoms with Crippen LogP contribution in [0.3, 0.4) is 0 Å². The van der Waals surface area contributed by atoms with Crippen LogP contribution in [0.4, 0.5) is 0 Å². The number of hydrogen-bond donors (Lipinski definition) is 0. The van der Waals surface area contributed by atoms with Crippen molar-refractivity contribution in [3.05, 3.63) is 35.4 Å². The van der Waals surface area contributed by atoms with Crippen molar-refractivity contribution in [1.82, 2.24) is 0 Å². The molecule has 1 aromatic carbocycles. The highest BCUT2D eigenvalue weighted by Crippen LogP contribution is 2.12. The van der Waals surface area contributed by atoms with Crippen LogP contribution in [-0.4, -0.2) is 5.78 Å². The van der Waals surface area contributed by atoms with Crippen LogP contribution in [0.1, 0.15) is 15.9 Å². The molecule has 1 heteroatoms. The number of carbonyl (C=O) groups is 1. The molecule has 11 heavy (non-hydrogen) atoms. The number of carbonyl (C=O) groups excluding carboxylic acids is 1. The molecule has 0 N–H and O–H groups in total. The lowest BCUT2D eigenvalue weighted by Gasteiger charge is -2.04. The Balaban J connectivity index is 2.63. The van der Waals surface area contributed by atoms with Gasteiger partial charge in [-0.3, -0.25) is 4.79 Å². The smallest absolute Gasteiger partial charge is 0.236 e. The van der Waals surface area contributed by atoms with Gasteiger partial charge in [0.1, 0.15) is 0 Å². The van der Waals surface area contributed by atoms with Crippen LogP contribution >= 0.6 is 0 Å². The Kier molecular flexibility index (Phi) is 1.26. The third-order valence-electron chi connectivity index (χ3n) is 1.74. The van der Waals surface area contributed by atoms with Gasteiger partial charge in [-0.2, -0.15) is 0 Å². The van der Waals surface area contributed by atoms with Crippen LogP contribution in [0.5, 0.6) is 0 Å². The molecule has 0 bridgehead atoms. The monoisotopic (exact) mass is 142 g/mol. The van der Waals surface area contributed by atoms with Gasteiger partial charge >= 0.3 is 0 Å². The van der Waals surface area contributed by atoms with E-state index in [2.05, 4.69) is 11.8 Å². The summed E-state index contributed by atoms with van der Waals surface area (Å²) in [7, 11) is 0. The maximum Gasteiger partial charge on any atom is 0.236 e. The summed E-state index contributed by atoms with van der Waals surface area (Å²) in [5.74, 6) is 5.29. The third kappa shape index (κ3) is 0.929. The van der Waals surface area contributed by atoms with Crippen molar-refractivity contribution in [2.45, 2.75) is 6.42 Å². The lowest BCUT2D eigenvalue weighted by Crippen LogP contribution is -2.04. The van der Waals surface area contributed by atoms with Gasteiger partial charge in [0.05, 0.1) is 0 Å². The zero-order chi connectivity index (χ0) is 7.68. The first-order chi connectivity index (χ1) is 5.38. The molecular formula is C10H6O. The maximum absolute atomic E-state index is 11.1. The Labute approximate surface area is 65.0 Å². The molecule has 0 saturated heterocycles. The van der Waals surface area contributed by atoms with E-state index in [4.69, 9.17) is 0 Å². The van der Waals surface area contributed by atoms with Crippen molar-refractivity contribution in [2.75, 3.05) is 0 Å². The highest BCUT2D eigenvalue weighted by molar-refractivity contribution is 6.11. The molecule has 0 unspecified atom stereocenters. The van der Waals surface area contributed by atoms with Crippen molar-refractivity contribution in [1.29, 1.82) is 0 Å². The molecular weight excluding hydrogens is 136 g/mol. The average Bonchev–Trinajstić information content (AvgIpc) is 2.06. The van der Waals surface area contributed by atoms with Crippen molar-refractivity contribution < 1.29 is 4.79 Å². The van der Waals surface area contributed by atoms with Gasteiger partial charge in [0.25, 0.3) is 0 Å². The van der Waals surface area contributed by atoms with E-state index in [1.165, 1.54) is 0 Å². The summed E-state index contributed by atoms with van der Waals surface area (Å²) in [6, 6.07) is 7.56. The molecule has 2 rings (SSSR count). The molecule has 1 nitrogen and oxygen atoms in total. The molecule has 0 radical (unpaired) electrons. The lowest BCUT2D eigenvalue weighted by atomic mass is 9.98. The van der Waals surface area contributed by atoms with Crippen LogP contribution in [-0.2, 0) is 6.42 Å².